The average Bonchev–Trinajstić information content (AvgIpc) is 2.67. The largest absolute Gasteiger partial charge is 0.444 e. The van der Waals surface area contributed by atoms with Crippen molar-refractivity contribution in [3.05, 3.63) is 0 Å². The number of imide groups is 1. The zero-order chi connectivity index (χ0) is 17.8. The molecule has 1 aliphatic rings. The van der Waals surface area contributed by atoms with Gasteiger partial charge in [-0.1, -0.05) is 13.8 Å². The van der Waals surface area contributed by atoms with E-state index in [0.717, 1.165) is 0 Å². The molecule has 0 spiro atoms. The van der Waals surface area contributed by atoms with E-state index in [1.54, 1.807) is 20.8 Å². The maximum atomic E-state index is 11.9. The lowest BCUT2D eigenvalue weighted by Crippen LogP contribution is -2.44. The van der Waals surface area contributed by atoms with E-state index in [-0.39, 0.29) is 25.2 Å². The van der Waals surface area contributed by atoms with Crippen molar-refractivity contribution in [1.82, 2.24) is 10.4 Å². The van der Waals surface area contributed by atoms with Gasteiger partial charge in [0.2, 0.25) is 0 Å². The van der Waals surface area contributed by atoms with Crippen LogP contribution in [0.5, 0.6) is 0 Å². The van der Waals surface area contributed by atoms with Gasteiger partial charge in [0, 0.05) is 18.9 Å². The molecule has 0 unspecified atom stereocenters. The number of carbonyl (C=O) groups excluding carboxylic acids is 4. The summed E-state index contributed by atoms with van der Waals surface area (Å²) in [5, 5.41) is 3.09. The first-order valence-corrected chi connectivity index (χ1v) is 7.55. The van der Waals surface area contributed by atoms with E-state index in [1.807, 2.05) is 13.8 Å². The van der Waals surface area contributed by atoms with Gasteiger partial charge in [0.25, 0.3) is 11.8 Å². The lowest BCUT2D eigenvalue weighted by molar-refractivity contribution is -0.198. The Morgan fingerprint density at radius 2 is 1.70 bits per heavy atom. The van der Waals surface area contributed by atoms with Gasteiger partial charge in [-0.15, -0.1) is 5.06 Å². The van der Waals surface area contributed by atoms with Crippen molar-refractivity contribution in [2.75, 3.05) is 0 Å². The summed E-state index contributed by atoms with van der Waals surface area (Å²) in [6.07, 6.45) is -0.739. The van der Waals surface area contributed by atoms with Crippen molar-refractivity contribution in [3.8, 4) is 0 Å². The van der Waals surface area contributed by atoms with Gasteiger partial charge < -0.3 is 14.9 Å². The molecule has 0 aromatic rings. The van der Waals surface area contributed by atoms with Crippen LogP contribution >= 0.6 is 0 Å². The molecule has 0 aliphatic carbocycles. The number of rotatable bonds is 5. The predicted octanol–water partition coefficient (Wildman–Crippen LogP) is 1.53. The lowest BCUT2D eigenvalue weighted by Gasteiger charge is -2.25. The van der Waals surface area contributed by atoms with Crippen molar-refractivity contribution in [3.63, 3.8) is 0 Å². The highest BCUT2D eigenvalue weighted by Gasteiger charge is 2.34. The summed E-state index contributed by atoms with van der Waals surface area (Å²) < 4.78 is 5.15. The molecule has 0 aromatic carbocycles. The zero-order valence-corrected chi connectivity index (χ0v) is 14.2. The summed E-state index contributed by atoms with van der Waals surface area (Å²) in [5.41, 5.74) is -0.652. The van der Waals surface area contributed by atoms with Gasteiger partial charge in [-0.2, -0.15) is 0 Å². The Kier molecular flexibility index (Phi) is 6.12. The summed E-state index contributed by atoms with van der Waals surface area (Å²) in [6, 6.07) is -0.537. The lowest BCUT2D eigenvalue weighted by atomic mass is 10.0. The van der Waals surface area contributed by atoms with Crippen molar-refractivity contribution in [2.24, 2.45) is 5.92 Å². The summed E-state index contributed by atoms with van der Waals surface area (Å²) >= 11 is 0. The molecule has 3 amide bonds. The molecule has 1 aliphatic heterocycles. The molecule has 0 saturated carbocycles. The Morgan fingerprint density at radius 1 is 1.17 bits per heavy atom. The van der Waals surface area contributed by atoms with Gasteiger partial charge in [0.1, 0.15) is 5.60 Å². The van der Waals surface area contributed by atoms with Crippen LogP contribution in [0.15, 0.2) is 0 Å². The van der Waals surface area contributed by atoms with E-state index in [2.05, 4.69) is 5.32 Å². The van der Waals surface area contributed by atoms with E-state index in [4.69, 9.17) is 9.57 Å². The van der Waals surface area contributed by atoms with E-state index in [9.17, 15) is 19.2 Å². The molecule has 130 valence electrons. The van der Waals surface area contributed by atoms with Crippen LogP contribution in [-0.4, -0.2) is 40.6 Å². The highest BCUT2D eigenvalue weighted by Crippen LogP contribution is 2.15. The van der Waals surface area contributed by atoms with Gasteiger partial charge >= 0.3 is 12.1 Å². The Hall–Kier alpha value is -2.12. The standard InChI is InChI=1S/C15H24N2O6/c1-9(2)10(16-14(21)22-15(3,4)5)8-13(20)23-17-11(18)6-7-12(17)19/h9-10H,6-8H2,1-5H3,(H,16,21)/t10-/m1/s1. The molecule has 1 N–H and O–H groups in total. The minimum absolute atomic E-state index is 0.0376. The normalized spacial score (nSPS) is 16.5. The van der Waals surface area contributed by atoms with Crippen LogP contribution in [0, 0.1) is 5.92 Å². The molecule has 0 radical (unpaired) electrons. The third kappa shape index (κ3) is 6.25. The quantitative estimate of drug-likeness (QED) is 0.768. The number of nitrogens with zero attached hydrogens (tertiary/aromatic N) is 1. The molecule has 1 atom stereocenters. The summed E-state index contributed by atoms with van der Waals surface area (Å²) in [4.78, 5) is 51.3. The number of carbonyl (C=O) groups is 4. The summed E-state index contributed by atoms with van der Waals surface area (Å²) in [6.45, 7) is 8.84. The number of hydroxylamine groups is 2. The fourth-order valence-electron chi connectivity index (χ4n) is 1.89. The third-order valence-corrected chi connectivity index (χ3v) is 3.09. The number of alkyl carbamates (subject to hydrolysis) is 1. The number of ether oxygens (including phenoxy) is 1. The van der Waals surface area contributed by atoms with Crippen LogP contribution in [0.4, 0.5) is 4.79 Å². The van der Waals surface area contributed by atoms with Crippen molar-refractivity contribution in [2.45, 2.75) is 65.5 Å². The fraction of sp³-hybridized carbons (Fsp3) is 0.733. The Balaban J connectivity index is 2.58. The molecule has 0 bridgehead atoms. The third-order valence-electron chi connectivity index (χ3n) is 3.09. The van der Waals surface area contributed by atoms with Gasteiger partial charge in [-0.25, -0.2) is 9.59 Å². The molecule has 23 heavy (non-hydrogen) atoms. The number of hydrogen-bond acceptors (Lipinski definition) is 6. The van der Waals surface area contributed by atoms with Crippen LogP contribution in [0.25, 0.3) is 0 Å². The van der Waals surface area contributed by atoms with Crippen LogP contribution in [0.2, 0.25) is 0 Å². The van der Waals surface area contributed by atoms with Crippen molar-refractivity contribution < 1.29 is 28.8 Å². The average molecular weight is 328 g/mol. The smallest absolute Gasteiger partial charge is 0.407 e. The second kappa shape index (κ2) is 7.43. The van der Waals surface area contributed by atoms with Crippen LogP contribution in [-0.2, 0) is 24.0 Å². The molecule has 1 fully saturated rings. The van der Waals surface area contributed by atoms with Crippen LogP contribution < -0.4 is 5.32 Å². The monoisotopic (exact) mass is 328 g/mol. The highest BCUT2D eigenvalue weighted by atomic mass is 16.7. The first-order valence-electron chi connectivity index (χ1n) is 7.55. The maximum Gasteiger partial charge on any atom is 0.407 e. The van der Waals surface area contributed by atoms with E-state index >= 15 is 0 Å². The van der Waals surface area contributed by atoms with E-state index < -0.39 is 35.5 Å². The molecule has 1 rings (SSSR count). The predicted molar refractivity (Wildman–Crippen MR) is 79.8 cm³/mol. The Morgan fingerprint density at radius 3 is 2.13 bits per heavy atom. The van der Waals surface area contributed by atoms with E-state index in [1.165, 1.54) is 0 Å². The van der Waals surface area contributed by atoms with Crippen molar-refractivity contribution in [1.29, 1.82) is 0 Å². The molecular formula is C15H24N2O6. The second-order valence-electron chi connectivity index (χ2n) is 6.75. The van der Waals surface area contributed by atoms with Crippen LogP contribution in [0.3, 0.4) is 0 Å². The van der Waals surface area contributed by atoms with Gasteiger partial charge in [0.05, 0.1) is 6.42 Å². The SMILES string of the molecule is CC(C)[C@@H](CC(=O)ON1C(=O)CCC1=O)NC(=O)OC(C)(C)C. The molecule has 1 heterocycles. The molecule has 1 saturated heterocycles. The van der Waals surface area contributed by atoms with E-state index in [0.29, 0.717) is 5.06 Å². The topological polar surface area (TPSA) is 102 Å². The second-order valence-corrected chi connectivity index (χ2v) is 6.75. The summed E-state index contributed by atoms with van der Waals surface area (Å²) in [7, 11) is 0. The maximum absolute atomic E-state index is 11.9. The first kappa shape index (κ1) is 18.9. The molecule has 8 nitrogen and oxygen atoms in total. The minimum atomic E-state index is -0.761. The minimum Gasteiger partial charge on any atom is -0.444 e. The van der Waals surface area contributed by atoms with Gasteiger partial charge in [-0.05, 0) is 26.7 Å². The number of amides is 3. The number of hydrogen-bond donors (Lipinski definition) is 1. The molecule has 0 aromatic heterocycles. The molecular weight excluding hydrogens is 304 g/mol. The fourth-order valence-corrected chi connectivity index (χ4v) is 1.89. The number of nitrogens with one attached hydrogen (secondary N) is 1. The Labute approximate surface area is 135 Å². The summed E-state index contributed by atoms with van der Waals surface area (Å²) in [5.74, 6) is -1.91. The Bertz CT molecular complexity index is 479. The highest BCUT2D eigenvalue weighted by molar-refractivity contribution is 6.01. The van der Waals surface area contributed by atoms with Crippen LogP contribution in [0.1, 0.15) is 53.9 Å². The zero-order valence-electron chi connectivity index (χ0n) is 14.2. The molecule has 8 heteroatoms. The van der Waals surface area contributed by atoms with Crippen molar-refractivity contribution >= 4 is 23.9 Å². The first-order chi connectivity index (χ1) is 10.5. The van der Waals surface area contributed by atoms with Gasteiger partial charge in [0.15, 0.2) is 0 Å². The van der Waals surface area contributed by atoms with Gasteiger partial charge in [-0.3, -0.25) is 9.59 Å².